The number of carboxylic acids is 1. The van der Waals surface area contributed by atoms with E-state index in [1.165, 1.54) is 0 Å². The van der Waals surface area contributed by atoms with E-state index in [0.717, 1.165) is 24.6 Å². The fourth-order valence-electron chi connectivity index (χ4n) is 3.24. The van der Waals surface area contributed by atoms with E-state index in [0.29, 0.717) is 18.5 Å². The molecular weight excluding hydrogens is 290 g/mol. The maximum atomic E-state index is 12.7. The molecule has 2 heterocycles. The summed E-state index contributed by atoms with van der Waals surface area (Å²) in [6.07, 6.45) is 0.0409. The van der Waals surface area contributed by atoms with Gasteiger partial charge in [-0.25, -0.2) is 4.79 Å². The molecule has 21 heavy (non-hydrogen) atoms. The third kappa shape index (κ3) is 3.83. The molecule has 2 saturated heterocycles. The Labute approximate surface area is 130 Å². The first-order valence-electron chi connectivity index (χ1n) is 7.41. The maximum Gasteiger partial charge on any atom is 0.320 e. The lowest BCUT2D eigenvalue weighted by Gasteiger charge is -2.37. The lowest BCUT2D eigenvalue weighted by atomic mass is 10.1. The van der Waals surface area contributed by atoms with E-state index < -0.39 is 5.97 Å². The molecule has 0 aliphatic carbocycles. The zero-order chi connectivity index (χ0) is 15.6. The van der Waals surface area contributed by atoms with E-state index in [1.807, 2.05) is 19.0 Å². The highest BCUT2D eigenvalue weighted by atomic mass is 32.2. The van der Waals surface area contributed by atoms with E-state index in [2.05, 4.69) is 11.8 Å². The topological polar surface area (TPSA) is 64.1 Å². The standard InChI is InChI=1S/C14H25N3O3S/c1-10-7-16(8-12(10)15(2)3)14(20)17-4-5-21-9-11(17)6-13(18)19/h10-12H,4-9H2,1-3H3,(H,18,19). The smallest absolute Gasteiger partial charge is 0.320 e. The number of nitrogens with zero attached hydrogens (tertiary/aromatic N) is 3. The zero-order valence-corrected chi connectivity index (χ0v) is 13.8. The Kier molecular flexibility index (Phi) is 5.37. The van der Waals surface area contributed by atoms with Gasteiger partial charge in [0, 0.05) is 37.2 Å². The predicted octanol–water partition coefficient (Wildman–Crippen LogP) is 0.880. The summed E-state index contributed by atoms with van der Waals surface area (Å²) in [7, 11) is 4.08. The lowest BCUT2D eigenvalue weighted by Crippen LogP contribution is -2.52. The van der Waals surface area contributed by atoms with Crippen LogP contribution in [-0.4, -0.2) is 89.1 Å². The summed E-state index contributed by atoms with van der Waals surface area (Å²) in [5.41, 5.74) is 0. The molecule has 2 aliphatic heterocycles. The molecule has 0 aromatic carbocycles. The molecule has 7 heteroatoms. The molecule has 2 rings (SSSR count). The third-order valence-corrected chi connectivity index (χ3v) is 5.48. The Morgan fingerprint density at radius 1 is 1.33 bits per heavy atom. The van der Waals surface area contributed by atoms with Crippen LogP contribution in [0.5, 0.6) is 0 Å². The molecule has 1 N–H and O–H groups in total. The number of likely N-dealkylation sites (N-methyl/N-ethyl adjacent to an activating group) is 1. The fraction of sp³-hybridized carbons (Fsp3) is 0.857. The normalized spacial score (nSPS) is 30.0. The first-order chi connectivity index (χ1) is 9.90. The highest BCUT2D eigenvalue weighted by Gasteiger charge is 2.38. The first kappa shape index (κ1) is 16.4. The second-order valence-electron chi connectivity index (χ2n) is 6.22. The molecule has 0 aromatic heterocycles. The van der Waals surface area contributed by atoms with Crippen LogP contribution in [0, 0.1) is 5.92 Å². The van der Waals surface area contributed by atoms with Crippen molar-refractivity contribution in [2.75, 3.05) is 45.2 Å². The van der Waals surface area contributed by atoms with Gasteiger partial charge in [-0.05, 0) is 20.0 Å². The average Bonchev–Trinajstić information content (AvgIpc) is 2.80. The number of carboxylic acid groups (broad SMARTS) is 1. The predicted molar refractivity (Wildman–Crippen MR) is 83.7 cm³/mol. The number of hydrogen-bond donors (Lipinski definition) is 1. The summed E-state index contributed by atoms with van der Waals surface area (Å²) < 4.78 is 0. The van der Waals surface area contributed by atoms with Gasteiger partial charge in [0.15, 0.2) is 0 Å². The van der Waals surface area contributed by atoms with Gasteiger partial charge >= 0.3 is 12.0 Å². The molecule has 2 fully saturated rings. The van der Waals surface area contributed by atoms with Gasteiger partial charge in [-0.15, -0.1) is 0 Å². The Bertz CT molecular complexity index is 405. The van der Waals surface area contributed by atoms with Crippen LogP contribution >= 0.6 is 11.8 Å². The van der Waals surface area contributed by atoms with E-state index in [9.17, 15) is 9.59 Å². The van der Waals surface area contributed by atoms with E-state index >= 15 is 0 Å². The van der Waals surface area contributed by atoms with Crippen molar-refractivity contribution in [3.05, 3.63) is 0 Å². The van der Waals surface area contributed by atoms with Crippen LogP contribution in [0.2, 0.25) is 0 Å². The molecule has 0 spiro atoms. The molecule has 120 valence electrons. The van der Waals surface area contributed by atoms with Crippen LogP contribution < -0.4 is 0 Å². The maximum absolute atomic E-state index is 12.7. The summed E-state index contributed by atoms with van der Waals surface area (Å²) in [6, 6.07) is 0.214. The van der Waals surface area contributed by atoms with Crippen molar-refractivity contribution in [1.29, 1.82) is 0 Å². The molecule has 0 bridgehead atoms. The van der Waals surface area contributed by atoms with Crippen molar-refractivity contribution in [2.24, 2.45) is 5.92 Å². The van der Waals surface area contributed by atoms with Gasteiger partial charge in [-0.2, -0.15) is 11.8 Å². The second-order valence-corrected chi connectivity index (χ2v) is 7.37. The van der Waals surface area contributed by atoms with Crippen molar-refractivity contribution < 1.29 is 14.7 Å². The first-order valence-corrected chi connectivity index (χ1v) is 8.57. The molecule has 3 unspecified atom stereocenters. The molecular formula is C14H25N3O3S. The number of hydrogen-bond acceptors (Lipinski definition) is 4. The van der Waals surface area contributed by atoms with Crippen LogP contribution in [-0.2, 0) is 4.79 Å². The van der Waals surface area contributed by atoms with Crippen molar-refractivity contribution >= 4 is 23.8 Å². The van der Waals surface area contributed by atoms with Gasteiger partial charge in [0.1, 0.15) is 0 Å². The van der Waals surface area contributed by atoms with Crippen molar-refractivity contribution in [3.8, 4) is 0 Å². The van der Waals surface area contributed by atoms with E-state index in [-0.39, 0.29) is 18.5 Å². The number of amides is 2. The van der Waals surface area contributed by atoms with E-state index in [4.69, 9.17) is 5.11 Å². The number of carbonyl (C=O) groups is 2. The molecule has 0 saturated carbocycles. The molecule has 0 radical (unpaired) electrons. The van der Waals surface area contributed by atoms with Gasteiger partial charge < -0.3 is 19.8 Å². The number of thioether (sulfide) groups is 1. The van der Waals surface area contributed by atoms with Crippen molar-refractivity contribution in [1.82, 2.24) is 14.7 Å². The van der Waals surface area contributed by atoms with Crippen LogP contribution in [0.3, 0.4) is 0 Å². The molecule has 2 amide bonds. The number of rotatable bonds is 3. The van der Waals surface area contributed by atoms with Gasteiger partial charge in [0.25, 0.3) is 0 Å². The van der Waals surface area contributed by atoms with E-state index in [1.54, 1.807) is 16.7 Å². The summed E-state index contributed by atoms with van der Waals surface area (Å²) in [5, 5.41) is 9.02. The van der Waals surface area contributed by atoms with Crippen molar-refractivity contribution in [2.45, 2.75) is 25.4 Å². The zero-order valence-electron chi connectivity index (χ0n) is 13.0. The second kappa shape index (κ2) is 6.87. The average molecular weight is 315 g/mol. The van der Waals surface area contributed by atoms with Gasteiger partial charge in [-0.1, -0.05) is 6.92 Å². The minimum atomic E-state index is -0.832. The minimum Gasteiger partial charge on any atom is -0.481 e. The molecule has 3 atom stereocenters. The van der Waals surface area contributed by atoms with Gasteiger partial charge in [0.2, 0.25) is 0 Å². The highest BCUT2D eigenvalue weighted by molar-refractivity contribution is 7.99. The number of carbonyl (C=O) groups excluding carboxylic acids is 1. The largest absolute Gasteiger partial charge is 0.481 e. The van der Waals surface area contributed by atoms with Crippen molar-refractivity contribution in [3.63, 3.8) is 0 Å². The van der Waals surface area contributed by atoms with Crippen LogP contribution in [0.15, 0.2) is 0 Å². The number of urea groups is 1. The Balaban J connectivity index is 2.02. The number of aliphatic carboxylic acids is 1. The third-order valence-electron chi connectivity index (χ3n) is 4.39. The van der Waals surface area contributed by atoms with Crippen LogP contribution in [0.25, 0.3) is 0 Å². The lowest BCUT2D eigenvalue weighted by molar-refractivity contribution is -0.138. The van der Waals surface area contributed by atoms with Gasteiger partial charge in [-0.3, -0.25) is 4.79 Å². The Morgan fingerprint density at radius 2 is 2.05 bits per heavy atom. The Hall–Kier alpha value is -0.950. The Morgan fingerprint density at radius 3 is 2.62 bits per heavy atom. The summed E-state index contributed by atoms with van der Waals surface area (Å²) in [5.74, 6) is 1.23. The molecule has 6 nitrogen and oxygen atoms in total. The summed E-state index contributed by atoms with van der Waals surface area (Å²) >= 11 is 1.73. The van der Waals surface area contributed by atoms with Crippen LogP contribution in [0.1, 0.15) is 13.3 Å². The molecule has 0 aromatic rings. The fourth-order valence-corrected chi connectivity index (χ4v) is 4.30. The summed E-state index contributed by atoms with van der Waals surface area (Å²) in [4.78, 5) is 29.5. The van der Waals surface area contributed by atoms with Crippen LogP contribution in [0.4, 0.5) is 4.79 Å². The monoisotopic (exact) mass is 315 g/mol. The SMILES string of the molecule is CC1CN(C(=O)N2CCSCC2CC(=O)O)CC1N(C)C. The summed E-state index contributed by atoms with van der Waals surface area (Å²) in [6.45, 7) is 4.30. The number of likely N-dealkylation sites (tertiary alicyclic amines) is 1. The minimum absolute atomic E-state index is 0.0118. The van der Waals surface area contributed by atoms with Gasteiger partial charge in [0.05, 0.1) is 12.5 Å². The quantitative estimate of drug-likeness (QED) is 0.837. The highest BCUT2D eigenvalue weighted by Crippen LogP contribution is 2.25. The molecule has 2 aliphatic rings.